The average Bonchev–Trinajstić information content (AvgIpc) is 2.23. The predicted molar refractivity (Wildman–Crippen MR) is 37.7 cm³/mol. The Morgan fingerprint density at radius 2 is 1.17 bits per heavy atom. The van der Waals surface area contributed by atoms with E-state index in [0.717, 1.165) is 0 Å². The number of hydrogen-bond acceptors (Lipinski definition) is 2. The van der Waals surface area contributed by atoms with E-state index in [4.69, 9.17) is 9.90 Å². The van der Waals surface area contributed by atoms with Crippen LogP contribution in [0, 0.1) is 29.3 Å². The second-order valence-electron chi connectivity index (χ2n) is 2.44. The van der Waals surface area contributed by atoms with Crippen molar-refractivity contribution in [2.45, 2.75) is 6.18 Å². The van der Waals surface area contributed by atoms with Crippen LogP contribution in [0.25, 0.3) is 0 Å². The lowest BCUT2D eigenvalue weighted by Crippen LogP contribution is -2.21. The summed E-state index contributed by atoms with van der Waals surface area (Å²) in [4.78, 5) is 11.0. The number of aromatic nitrogens is 1. The van der Waals surface area contributed by atoms with Crippen LogP contribution in [0.2, 0.25) is 0 Å². The van der Waals surface area contributed by atoms with Crippen molar-refractivity contribution in [2.24, 2.45) is 0 Å². The topological polar surface area (TPSA) is 50.2 Å². The first-order valence-electron chi connectivity index (χ1n) is 3.64. The van der Waals surface area contributed by atoms with Gasteiger partial charge >= 0.3 is 12.1 Å². The molecule has 11 heteroatoms. The Morgan fingerprint density at radius 3 is 1.39 bits per heavy atom. The Bertz CT molecular complexity index is 431. The summed E-state index contributed by atoms with van der Waals surface area (Å²) in [5.74, 6) is -13.2. The molecule has 18 heavy (non-hydrogen) atoms. The van der Waals surface area contributed by atoms with Crippen molar-refractivity contribution >= 4 is 5.97 Å². The van der Waals surface area contributed by atoms with E-state index in [1.165, 1.54) is 0 Å². The maximum atomic E-state index is 12.0. The second-order valence-corrected chi connectivity index (χ2v) is 2.44. The highest BCUT2D eigenvalue weighted by Gasteiger charge is 2.38. The molecular formula is C7HF8NO2. The zero-order chi connectivity index (χ0) is 14.7. The molecule has 1 rings (SSSR count). The van der Waals surface area contributed by atoms with Gasteiger partial charge in [-0.3, -0.25) is 0 Å². The predicted octanol–water partition coefficient (Wildman–Crippen LogP) is 2.41. The summed E-state index contributed by atoms with van der Waals surface area (Å²) in [6, 6.07) is 0. The molecule has 0 unspecified atom stereocenters. The third-order valence-corrected chi connectivity index (χ3v) is 1.19. The molecule has 1 heterocycles. The van der Waals surface area contributed by atoms with E-state index in [1.807, 2.05) is 0 Å². The van der Waals surface area contributed by atoms with Gasteiger partial charge in [-0.05, 0) is 0 Å². The Kier molecular flexibility index (Phi) is 5.00. The van der Waals surface area contributed by atoms with Crippen molar-refractivity contribution in [2.75, 3.05) is 0 Å². The number of pyridine rings is 1. The molecule has 0 bridgehead atoms. The Labute approximate surface area is 92.7 Å². The Hall–Kier alpha value is -1.94. The number of carbonyl (C=O) groups is 1. The van der Waals surface area contributed by atoms with Gasteiger partial charge in [0, 0.05) is 0 Å². The van der Waals surface area contributed by atoms with E-state index < -0.39 is 41.5 Å². The van der Waals surface area contributed by atoms with Gasteiger partial charge in [0.15, 0.2) is 0 Å². The molecule has 1 aromatic rings. The normalized spacial score (nSPS) is 10.7. The van der Waals surface area contributed by atoms with Gasteiger partial charge < -0.3 is 5.11 Å². The number of rotatable bonds is 0. The highest BCUT2D eigenvalue weighted by atomic mass is 19.4. The standard InChI is InChI=1S/C5F5N.C2HF3O2/c6-1-2(7)4(9)11-5(10)3(1)8;3-2(4,5)1(6)7/h;(H,6,7). The summed E-state index contributed by atoms with van der Waals surface area (Å²) in [5, 5.41) is 7.12. The molecule has 0 atom stereocenters. The first-order valence-corrected chi connectivity index (χ1v) is 3.64. The third kappa shape index (κ3) is 4.14. The molecule has 0 radical (unpaired) electrons. The monoisotopic (exact) mass is 283 g/mol. The molecule has 0 amide bonds. The van der Waals surface area contributed by atoms with Crippen molar-refractivity contribution in [1.29, 1.82) is 0 Å². The summed E-state index contributed by atoms with van der Waals surface area (Å²) in [7, 11) is 0. The molecule has 0 spiro atoms. The first kappa shape index (κ1) is 16.1. The van der Waals surface area contributed by atoms with Crippen molar-refractivity contribution in [1.82, 2.24) is 4.98 Å². The minimum absolute atomic E-state index is 2.00. The fourth-order valence-corrected chi connectivity index (χ4v) is 0.462. The van der Waals surface area contributed by atoms with Gasteiger partial charge in [0.25, 0.3) is 11.9 Å². The summed E-state index contributed by atoms with van der Waals surface area (Å²) >= 11 is 0. The molecule has 102 valence electrons. The number of halogens is 8. The maximum absolute atomic E-state index is 12.0. The summed E-state index contributed by atoms with van der Waals surface area (Å²) < 4.78 is 91.4. The number of nitrogens with zero attached hydrogens (tertiary/aromatic N) is 1. The quantitative estimate of drug-likeness (QED) is 0.587. The number of alkyl halides is 3. The number of carboxylic acids is 1. The lowest BCUT2D eigenvalue weighted by Gasteiger charge is -1.95. The van der Waals surface area contributed by atoms with E-state index in [0.29, 0.717) is 0 Å². The van der Waals surface area contributed by atoms with Gasteiger partial charge in [-0.25, -0.2) is 9.18 Å². The molecule has 0 fully saturated rings. The van der Waals surface area contributed by atoms with Gasteiger partial charge in [0.1, 0.15) is 0 Å². The molecule has 3 nitrogen and oxygen atoms in total. The van der Waals surface area contributed by atoms with Crippen LogP contribution < -0.4 is 0 Å². The minimum atomic E-state index is -5.08. The lowest BCUT2D eigenvalue weighted by atomic mass is 10.4. The highest BCUT2D eigenvalue weighted by molar-refractivity contribution is 5.73. The van der Waals surface area contributed by atoms with Crippen molar-refractivity contribution in [3.8, 4) is 0 Å². The fraction of sp³-hybridized carbons (Fsp3) is 0.143. The van der Waals surface area contributed by atoms with Gasteiger partial charge in [-0.1, -0.05) is 0 Å². The molecular weight excluding hydrogens is 282 g/mol. The van der Waals surface area contributed by atoms with Gasteiger partial charge in [0.05, 0.1) is 0 Å². The average molecular weight is 283 g/mol. The van der Waals surface area contributed by atoms with Crippen LogP contribution in [-0.2, 0) is 4.79 Å². The molecule has 0 aliphatic rings. The van der Waals surface area contributed by atoms with Crippen LogP contribution in [-0.4, -0.2) is 22.2 Å². The van der Waals surface area contributed by atoms with Crippen LogP contribution in [0.4, 0.5) is 35.1 Å². The van der Waals surface area contributed by atoms with Crippen LogP contribution in [0.1, 0.15) is 0 Å². The molecule has 1 N–H and O–H groups in total. The number of aliphatic carboxylic acids is 1. The largest absolute Gasteiger partial charge is 0.490 e. The zero-order valence-electron chi connectivity index (χ0n) is 7.83. The Morgan fingerprint density at radius 1 is 0.889 bits per heavy atom. The molecule has 0 saturated heterocycles. The molecule has 1 aromatic heterocycles. The summed E-state index contributed by atoms with van der Waals surface area (Å²) in [6.07, 6.45) is -5.08. The van der Waals surface area contributed by atoms with Crippen molar-refractivity contribution in [3.05, 3.63) is 29.3 Å². The lowest BCUT2D eigenvalue weighted by molar-refractivity contribution is -0.192. The number of hydrogen-bond donors (Lipinski definition) is 1. The van der Waals surface area contributed by atoms with E-state index in [-0.39, 0.29) is 0 Å². The van der Waals surface area contributed by atoms with Crippen molar-refractivity contribution in [3.63, 3.8) is 0 Å². The SMILES string of the molecule is Fc1nc(F)c(F)c(F)c1F.O=C(O)C(F)(F)F. The van der Waals surface area contributed by atoms with Gasteiger partial charge in [-0.2, -0.15) is 35.7 Å². The minimum Gasteiger partial charge on any atom is -0.475 e. The second kappa shape index (κ2) is 5.60. The van der Waals surface area contributed by atoms with E-state index in [9.17, 15) is 35.1 Å². The van der Waals surface area contributed by atoms with Crippen LogP contribution in [0.15, 0.2) is 0 Å². The van der Waals surface area contributed by atoms with Crippen LogP contribution in [0.3, 0.4) is 0 Å². The number of carboxylic acid groups (broad SMARTS) is 1. The molecule has 0 saturated carbocycles. The summed E-state index contributed by atoms with van der Waals surface area (Å²) in [6.45, 7) is 0. The summed E-state index contributed by atoms with van der Waals surface area (Å²) in [5.41, 5.74) is 0. The zero-order valence-corrected chi connectivity index (χ0v) is 7.83. The van der Waals surface area contributed by atoms with Crippen molar-refractivity contribution < 1.29 is 45.0 Å². The smallest absolute Gasteiger partial charge is 0.475 e. The Balaban J connectivity index is 0.000000360. The first-order chi connectivity index (χ1) is 7.98. The van der Waals surface area contributed by atoms with E-state index >= 15 is 0 Å². The fourth-order valence-electron chi connectivity index (χ4n) is 0.462. The molecule has 0 aromatic carbocycles. The highest BCUT2D eigenvalue weighted by Crippen LogP contribution is 2.14. The van der Waals surface area contributed by atoms with Gasteiger partial charge in [0.2, 0.25) is 17.5 Å². The van der Waals surface area contributed by atoms with E-state index in [2.05, 4.69) is 4.98 Å². The van der Waals surface area contributed by atoms with Crippen LogP contribution >= 0.6 is 0 Å². The molecule has 0 aliphatic heterocycles. The van der Waals surface area contributed by atoms with Gasteiger partial charge in [-0.15, -0.1) is 0 Å². The maximum Gasteiger partial charge on any atom is 0.490 e. The van der Waals surface area contributed by atoms with Crippen LogP contribution in [0.5, 0.6) is 0 Å². The third-order valence-electron chi connectivity index (χ3n) is 1.19. The molecule has 0 aliphatic carbocycles. The van der Waals surface area contributed by atoms with E-state index in [1.54, 1.807) is 0 Å².